The van der Waals surface area contributed by atoms with E-state index in [1.165, 1.54) is 0 Å². The van der Waals surface area contributed by atoms with Crippen LogP contribution in [0.25, 0.3) is 0 Å². The van der Waals surface area contributed by atoms with E-state index >= 15 is 0 Å². The van der Waals surface area contributed by atoms with Crippen molar-refractivity contribution in [2.75, 3.05) is 27.2 Å². The van der Waals surface area contributed by atoms with Crippen LogP contribution in [0.3, 0.4) is 0 Å². The van der Waals surface area contributed by atoms with Crippen LogP contribution in [-0.4, -0.2) is 60.0 Å². The average Bonchev–Trinajstić information content (AvgIpc) is 2.87. The van der Waals surface area contributed by atoms with Gasteiger partial charge in [0, 0.05) is 19.1 Å². The summed E-state index contributed by atoms with van der Waals surface area (Å²) in [4.78, 5) is 27.7. The third-order valence-corrected chi connectivity index (χ3v) is 4.27. The van der Waals surface area contributed by atoms with Gasteiger partial charge < -0.3 is 14.9 Å². The number of carboxylic acid groups (broad SMARTS) is 1. The van der Waals surface area contributed by atoms with E-state index in [1.807, 2.05) is 31.1 Å². The van der Waals surface area contributed by atoms with E-state index in [0.29, 0.717) is 18.9 Å². The van der Waals surface area contributed by atoms with Crippen molar-refractivity contribution in [1.29, 1.82) is 0 Å². The van der Waals surface area contributed by atoms with E-state index in [9.17, 15) is 14.7 Å². The van der Waals surface area contributed by atoms with Gasteiger partial charge in [0.15, 0.2) is 0 Å². The van der Waals surface area contributed by atoms with Gasteiger partial charge in [0.2, 0.25) is 5.91 Å². The van der Waals surface area contributed by atoms with E-state index in [2.05, 4.69) is 4.90 Å². The number of carbonyl (C=O) groups excluding carboxylic acids is 1. The number of rotatable bonds is 3. The molecular formula is C14H22N2O3. The first-order valence-electron chi connectivity index (χ1n) is 6.83. The van der Waals surface area contributed by atoms with Crippen molar-refractivity contribution in [1.82, 2.24) is 9.80 Å². The number of carbonyl (C=O) groups is 2. The largest absolute Gasteiger partial charge is 0.481 e. The molecule has 1 amide bonds. The van der Waals surface area contributed by atoms with Crippen molar-refractivity contribution in [3.63, 3.8) is 0 Å². The third-order valence-electron chi connectivity index (χ3n) is 4.27. The molecule has 1 saturated heterocycles. The molecule has 1 N–H and O–H groups in total. The average molecular weight is 266 g/mol. The van der Waals surface area contributed by atoms with E-state index in [4.69, 9.17) is 0 Å². The van der Waals surface area contributed by atoms with Crippen molar-refractivity contribution in [2.45, 2.75) is 25.3 Å². The molecule has 0 aromatic carbocycles. The molecule has 0 radical (unpaired) electrons. The van der Waals surface area contributed by atoms with Crippen LogP contribution in [0.4, 0.5) is 0 Å². The van der Waals surface area contributed by atoms with Crippen molar-refractivity contribution < 1.29 is 14.7 Å². The van der Waals surface area contributed by atoms with Crippen LogP contribution in [0.15, 0.2) is 12.2 Å². The molecular weight excluding hydrogens is 244 g/mol. The van der Waals surface area contributed by atoms with Crippen LogP contribution < -0.4 is 0 Å². The van der Waals surface area contributed by atoms with Crippen molar-refractivity contribution in [2.24, 2.45) is 11.8 Å². The second kappa shape index (κ2) is 5.74. The zero-order valence-electron chi connectivity index (χ0n) is 11.6. The molecule has 19 heavy (non-hydrogen) atoms. The molecule has 2 rings (SSSR count). The maximum atomic E-state index is 12.5. The molecule has 1 aliphatic heterocycles. The predicted molar refractivity (Wildman–Crippen MR) is 71.7 cm³/mol. The molecule has 1 heterocycles. The lowest BCUT2D eigenvalue weighted by Crippen LogP contribution is -2.42. The SMILES string of the molecule is CN(C)C1CCN(C(=O)C2CC=CCC2C(=O)O)C1. The highest BCUT2D eigenvalue weighted by atomic mass is 16.4. The molecule has 5 heteroatoms. The molecule has 0 aromatic heterocycles. The van der Waals surface area contributed by atoms with Crippen molar-refractivity contribution in [3.05, 3.63) is 12.2 Å². The zero-order valence-corrected chi connectivity index (χ0v) is 11.6. The van der Waals surface area contributed by atoms with E-state index in [0.717, 1.165) is 19.5 Å². The number of nitrogens with zero attached hydrogens (tertiary/aromatic N) is 2. The summed E-state index contributed by atoms with van der Waals surface area (Å²) in [6.45, 7) is 1.46. The first-order chi connectivity index (χ1) is 9.00. The van der Waals surface area contributed by atoms with Crippen LogP contribution >= 0.6 is 0 Å². The maximum Gasteiger partial charge on any atom is 0.307 e. The Morgan fingerprint density at radius 2 is 1.84 bits per heavy atom. The molecule has 5 nitrogen and oxygen atoms in total. The first kappa shape index (κ1) is 14.1. The topological polar surface area (TPSA) is 60.9 Å². The smallest absolute Gasteiger partial charge is 0.307 e. The molecule has 1 fully saturated rings. The molecule has 2 aliphatic rings. The Labute approximate surface area is 113 Å². The second-order valence-electron chi connectivity index (χ2n) is 5.68. The molecule has 0 saturated carbocycles. The van der Waals surface area contributed by atoms with Crippen LogP contribution in [0.2, 0.25) is 0 Å². The first-order valence-corrected chi connectivity index (χ1v) is 6.83. The quantitative estimate of drug-likeness (QED) is 0.768. The van der Waals surface area contributed by atoms with Gasteiger partial charge in [-0.05, 0) is 33.4 Å². The van der Waals surface area contributed by atoms with Gasteiger partial charge in [0.05, 0.1) is 11.8 Å². The minimum atomic E-state index is -0.856. The summed E-state index contributed by atoms with van der Waals surface area (Å²) in [5.74, 6) is -1.79. The molecule has 0 spiro atoms. The van der Waals surface area contributed by atoms with E-state index in [-0.39, 0.29) is 11.8 Å². The van der Waals surface area contributed by atoms with Gasteiger partial charge in [-0.2, -0.15) is 0 Å². The summed E-state index contributed by atoms with van der Waals surface area (Å²) in [6, 6.07) is 0.395. The maximum absolute atomic E-state index is 12.5. The number of aliphatic carboxylic acids is 1. The van der Waals surface area contributed by atoms with Crippen molar-refractivity contribution in [3.8, 4) is 0 Å². The third kappa shape index (κ3) is 2.97. The highest BCUT2D eigenvalue weighted by Gasteiger charge is 2.38. The monoisotopic (exact) mass is 266 g/mol. The van der Waals surface area contributed by atoms with Crippen LogP contribution in [-0.2, 0) is 9.59 Å². The molecule has 0 bridgehead atoms. The van der Waals surface area contributed by atoms with Gasteiger partial charge >= 0.3 is 5.97 Å². The fourth-order valence-corrected chi connectivity index (χ4v) is 2.96. The van der Waals surface area contributed by atoms with Crippen LogP contribution in [0.5, 0.6) is 0 Å². The highest BCUT2D eigenvalue weighted by molar-refractivity contribution is 5.85. The number of hydrogen-bond donors (Lipinski definition) is 1. The number of likely N-dealkylation sites (tertiary alicyclic amines) is 1. The fourth-order valence-electron chi connectivity index (χ4n) is 2.96. The Kier molecular flexibility index (Phi) is 4.24. The van der Waals surface area contributed by atoms with Crippen LogP contribution in [0, 0.1) is 11.8 Å². The van der Waals surface area contributed by atoms with E-state index < -0.39 is 11.9 Å². The Morgan fingerprint density at radius 3 is 2.37 bits per heavy atom. The fraction of sp³-hybridized carbons (Fsp3) is 0.714. The van der Waals surface area contributed by atoms with Gasteiger partial charge in [0.25, 0.3) is 0 Å². The molecule has 106 valence electrons. The zero-order chi connectivity index (χ0) is 14.0. The number of allylic oxidation sites excluding steroid dienone is 2. The summed E-state index contributed by atoms with van der Waals surface area (Å²) in [6.07, 6.45) is 5.80. The van der Waals surface area contributed by atoms with Gasteiger partial charge in [-0.25, -0.2) is 0 Å². The number of likely N-dealkylation sites (N-methyl/N-ethyl adjacent to an activating group) is 1. The Morgan fingerprint density at radius 1 is 1.21 bits per heavy atom. The standard InChI is InChI=1S/C14H22N2O3/c1-15(2)10-7-8-16(9-10)13(17)11-5-3-4-6-12(11)14(18)19/h3-4,10-12H,5-9H2,1-2H3,(H,18,19). The second-order valence-corrected chi connectivity index (χ2v) is 5.68. The van der Waals surface area contributed by atoms with Crippen molar-refractivity contribution >= 4 is 11.9 Å². The summed E-state index contributed by atoms with van der Waals surface area (Å²) < 4.78 is 0. The normalized spacial score (nSPS) is 30.9. The Hall–Kier alpha value is -1.36. The van der Waals surface area contributed by atoms with Gasteiger partial charge in [-0.1, -0.05) is 12.2 Å². The summed E-state index contributed by atoms with van der Waals surface area (Å²) in [5.41, 5.74) is 0. The number of amides is 1. The predicted octanol–water partition coefficient (Wildman–Crippen LogP) is 0.816. The lowest BCUT2D eigenvalue weighted by atomic mass is 9.82. The lowest BCUT2D eigenvalue weighted by molar-refractivity contribution is -0.150. The minimum Gasteiger partial charge on any atom is -0.481 e. The van der Waals surface area contributed by atoms with Gasteiger partial charge in [0.1, 0.15) is 0 Å². The number of carboxylic acids is 1. The molecule has 1 aliphatic carbocycles. The van der Waals surface area contributed by atoms with Gasteiger partial charge in [-0.3, -0.25) is 9.59 Å². The molecule has 3 unspecified atom stereocenters. The highest BCUT2D eigenvalue weighted by Crippen LogP contribution is 2.29. The number of hydrogen-bond acceptors (Lipinski definition) is 3. The van der Waals surface area contributed by atoms with E-state index in [1.54, 1.807) is 0 Å². The molecule has 3 atom stereocenters. The molecule has 0 aromatic rings. The summed E-state index contributed by atoms with van der Waals surface area (Å²) in [7, 11) is 4.03. The summed E-state index contributed by atoms with van der Waals surface area (Å²) >= 11 is 0. The lowest BCUT2D eigenvalue weighted by Gasteiger charge is -2.29. The minimum absolute atomic E-state index is 0.0149. The van der Waals surface area contributed by atoms with Gasteiger partial charge in [-0.15, -0.1) is 0 Å². The van der Waals surface area contributed by atoms with Crippen LogP contribution in [0.1, 0.15) is 19.3 Å². The Bertz CT molecular complexity index is 392. The Balaban J connectivity index is 2.03. The summed E-state index contributed by atoms with van der Waals surface area (Å²) in [5, 5.41) is 9.23.